The second kappa shape index (κ2) is 2.55. The molecule has 0 unspecified atom stereocenters. The van der Waals surface area contributed by atoms with Crippen LogP contribution in [0.15, 0.2) is 0 Å². The Morgan fingerprint density at radius 3 is 2.86 bits per heavy atom. The highest BCUT2D eigenvalue weighted by atomic mass is 32.1. The molecule has 42 valence electrons. The first-order chi connectivity index (χ1) is 3.43. The average Bonchev–Trinajstić information content (AvgIpc) is 2.14. The van der Waals surface area contributed by atoms with Gasteiger partial charge >= 0.3 is 0 Å². The molecule has 2 nitrogen and oxygen atoms in total. The molecule has 1 fully saturated rings. The maximum atomic E-state index is 4.74. The molecule has 1 aliphatic heterocycles. The number of thiol groups is 1. The van der Waals surface area contributed by atoms with Gasteiger partial charge in [0, 0.05) is 6.54 Å². The Bertz CT molecular complexity index is 53.7. The molecule has 1 saturated heterocycles. The maximum Gasteiger partial charge on any atom is 0.0855 e. The minimum atomic E-state index is 0.350. The van der Waals surface area contributed by atoms with Crippen molar-refractivity contribution in [3.8, 4) is 0 Å². The Morgan fingerprint density at radius 2 is 2.57 bits per heavy atom. The Hall–Kier alpha value is 0.270. The van der Waals surface area contributed by atoms with Crippen molar-refractivity contribution in [1.29, 1.82) is 0 Å². The van der Waals surface area contributed by atoms with E-state index in [1.807, 2.05) is 0 Å². The summed E-state index contributed by atoms with van der Waals surface area (Å²) in [6.07, 6.45) is 1.45. The summed E-state index contributed by atoms with van der Waals surface area (Å²) < 4.78 is 4.74. The van der Waals surface area contributed by atoms with Gasteiger partial charge in [-0.05, 0) is 25.9 Å². The quantitative estimate of drug-likeness (QED) is 0.380. The third kappa shape index (κ3) is 1.33. The largest absolute Gasteiger partial charge is 0.314 e. The van der Waals surface area contributed by atoms with E-state index in [1.165, 1.54) is 0 Å². The van der Waals surface area contributed by atoms with Crippen LogP contribution in [0.25, 0.3) is 0 Å². The molecule has 0 radical (unpaired) electrons. The lowest BCUT2D eigenvalue weighted by molar-refractivity contribution is 0.272. The van der Waals surface area contributed by atoms with Crippen LogP contribution in [0.4, 0.5) is 0 Å². The maximum absolute atomic E-state index is 4.74. The number of hydrogen-bond donors (Lipinski definition) is 2. The van der Waals surface area contributed by atoms with Gasteiger partial charge in [-0.2, -0.15) is 0 Å². The van der Waals surface area contributed by atoms with E-state index in [4.69, 9.17) is 4.18 Å². The van der Waals surface area contributed by atoms with Crippen molar-refractivity contribution >= 4 is 12.9 Å². The van der Waals surface area contributed by atoms with Gasteiger partial charge in [0.15, 0.2) is 0 Å². The summed E-state index contributed by atoms with van der Waals surface area (Å²) in [6.45, 7) is 2.04. The molecule has 1 atom stereocenters. The molecule has 1 aliphatic rings. The molecule has 0 amide bonds. The van der Waals surface area contributed by atoms with Gasteiger partial charge < -0.3 is 9.50 Å². The summed E-state index contributed by atoms with van der Waals surface area (Å²) in [6, 6.07) is 0. The molecule has 3 heteroatoms. The summed E-state index contributed by atoms with van der Waals surface area (Å²) in [4.78, 5) is 0. The highest BCUT2D eigenvalue weighted by Crippen LogP contribution is 2.03. The van der Waals surface area contributed by atoms with Crippen LogP contribution in [0, 0.1) is 0 Å². The molecular formula is C4H9NOS. The Balaban J connectivity index is 2.14. The average molecular weight is 119 g/mol. The van der Waals surface area contributed by atoms with E-state index >= 15 is 0 Å². The predicted octanol–water partition coefficient (Wildman–Crippen LogP) is 0.210. The van der Waals surface area contributed by atoms with E-state index in [-0.39, 0.29) is 0 Å². The van der Waals surface area contributed by atoms with Gasteiger partial charge in [0.25, 0.3) is 0 Å². The van der Waals surface area contributed by atoms with E-state index < -0.39 is 0 Å². The Kier molecular flexibility index (Phi) is 1.97. The van der Waals surface area contributed by atoms with Crippen molar-refractivity contribution in [3.63, 3.8) is 0 Å². The zero-order chi connectivity index (χ0) is 5.11. The minimum Gasteiger partial charge on any atom is -0.314 e. The zero-order valence-electron chi connectivity index (χ0n) is 4.05. The molecule has 0 saturated carbocycles. The van der Waals surface area contributed by atoms with Crippen LogP contribution in [0.1, 0.15) is 6.42 Å². The lowest BCUT2D eigenvalue weighted by Gasteiger charge is -1.99. The molecule has 0 aliphatic carbocycles. The summed E-state index contributed by atoms with van der Waals surface area (Å²) in [7, 11) is 0. The molecule has 1 heterocycles. The minimum absolute atomic E-state index is 0.350. The molecule has 0 aromatic carbocycles. The molecule has 0 bridgehead atoms. The first kappa shape index (κ1) is 5.41. The van der Waals surface area contributed by atoms with Crippen molar-refractivity contribution in [2.45, 2.75) is 12.5 Å². The fourth-order valence-electron chi connectivity index (χ4n) is 0.718. The van der Waals surface area contributed by atoms with Crippen LogP contribution in [-0.2, 0) is 4.18 Å². The van der Waals surface area contributed by atoms with Gasteiger partial charge in [-0.25, -0.2) is 0 Å². The van der Waals surface area contributed by atoms with Gasteiger partial charge in [0.05, 0.1) is 6.10 Å². The Morgan fingerprint density at radius 1 is 1.71 bits per heavy atom. The van der Waals surface area contributed by atoms with Gasteiger partial charge in [0.2, 0.25) is 0 Å². The second-order valence-corrected chi connectivity index (χ2v) is 1.93. The van der Waals surface area contributed by atoms with Crippen molar-refractivity contribution in [2.24, 2.45) is 0 Å². The predicted molar refractivity (Wildman–Crippen MR) is 31.3 cm³/mol. The van der Waals surface area contributed by atoms with Crippen molar-refractivity contribution in [3.05, 3.63) is 0 Å². The van der Waals surface area contributed by atoms with E-state index in [1.54, 1.807) is 0 Å². The van der Waals surface area contributed by atoms with E-state index in [2.05, 4.69) is 18.2 Å². The fourth-order valence-corrected chi connectivity index (χ4v) is 0.898. The molecule has 1 rings (SSSR count). The van der Waals surface area contributed by atoms with Crippen LogP contribution >= 0.6 is 12.9 Å². The number of hydrogen-bond acceptors (Lipinski definition) is 3. The van der Waals surface area contributed by atoms with Crippen molar-refractivity contribution in [1.82, 2.24) is 5.32 Å². The first-order valence-corrected chi connectivity index (χ1v) is 2.81. The topological polar surface area (TPSA) is 21.3 Å². The highest BCUT2D eigenvalue weighted by Gasteiger charge is 2.12. The summed E-state index contributed by atoms with van der Waals surface area (Å²) >= 11 is 3.68. The van der Waals surface area contributed by atoms with E-state index in [0.29, 0.717) is 6.10 Å². The molecule has 0 spiro atoms. The van der Waals surface area contributed by atoms with Gasteiger partial charge in [-0.3, -0.25) is 0 Å². The van der Waals surface area contributed by atoms with Gasteiger partial charge in [0.1, 0.15) is 0 Å². The second-order valence-electron chi connectivity index (χ2n) is 1.72. The summed E-state index contributed by atoms with van der Waals surface area (Å²) in [5.41, 5.74) is 0. The lowest BCUT2D eigenvalue weighted by atomic mass is 10.3. The van der Waals surface area contributed by atoms with E-state index in [9.17, 15) is 0 Å². The summed E-state index contributed by atoms with van der Waals surface area (Å²) in [5.74, 6) is 0. The molecule has 0 aromatic rings. The molecule has 1 N–H and O–H groups in total. The Labute approximate surface area is 48.9 Å². The zero-order valence-corrected chi connectivity index (χ0v) is 4.95. The highest BCUT2D eigenvalue weighted by molar-refractivity contribution is 7.75. The van der Waals surface area contributed by atoms with Crippen molar-refractivity contribution < 1.29 is 4.18 Å². The van der Waals surface area contributed by atoms with Crippen LogP contribution < -0.4 is 5.32 Å². The standard InChI is InChI=1S/C4H9NOS/c7-6-4-1-2-5-3-4/h4-5,7H,1-3H2/t4-/m0/s1. The molecule has 7 heavy (non-hydrogen) atoms. The molecular weight excluding hydrogens is 110 g/mol. The van der Waals surface area contributed by atoms with Crippen LogP contribution in [0.5, 0.6) is 0 Å². The first-order valence-electron chi connectivity index (χ1n) is 2.44. The normalized spacial score (nSPS) is 31.3. The van der Waals surface area contributed by atoms with E-state index in [0.717, 1.165) is 19.5 Å². The number of nitrogens with one attached hydrogen (secondary N) is 1. The smallest absolute Gasteiger partial charge is 0.0855 e. The van der Waals surface area contributed by atoms with Gasteiger partial charge in [-0.15, -0.1) is 0 Å². The fraction of sp³-hybridized carbons (Fsp3) is 1.00. The molecule has 0 aromatic heterocycles. The third-order valence-electron chi connectivity index (χ3n) is 1.16. The van der Waals surface area contributed by atoms with Crippen molar-refractivity contribution in [2.75, 3.05) is 13.1 Å². The number of rotatable bonds is 1. The summed E-state index contributed by atoms with van der Waals surface area (Å²) in [5, 5.41) is 3.15. The van der Waals surface area contributed by atoms with Crippen LogP contribution in [0.3, 0.4) is 0 Å². The van der Waals surface area contributed by atoms with Gasteiger partial charge in [-0.1, -0.05) is 0 Å². The van der Waals surface area contributed by atoms with Crippen LogP contribution in [0.2, 0.25) is 0 Å². The SMILES string of the molecule is SO[C@H]1CCNC1. The monoisotopic (exact) mass is 119 g/mol. The van der Waals surface area contributed by atoms with Crippen LogP contribution in [-0.4, -0.2) is 19.2 Å². The third-order valence-corrected chi connectivity index (χ3v) is 1.46. The lowest BCUT2D eigenvalue weighted by Crippen LogP contribution is -2.12.